The maximum atomic E-state index is 12.8. The largest absolute Gasteiger partial charge is 0.324 e. The molecule has 0 aliphatic rings. The molecule has 0 bridgehead atoms. The minimum Gasteiger partial charge on any atom is -0.324 e. The number of benzene rings is 2. The van der Waals surface area contributed by atoms with Gasteiger partial charge in [-0.2, -0.15) is 0 Å². The fraction of sp³-hybridized carbons (Fsp3) is 0.333. The summed E-state index contributed by atoms with van der Waals surface area (Å²) in [5.74, 6) is -0.225. The topological polar surface area (TPSA) is 52.0 Å². The average Bonchev–Trinajstić information content (AvgIpc) is 2.51. The lowest BCUT2D eigenvalue weighted by atomic mass is 10.1. The molecule has 0 aliphatic carbocycles. The van der Waals surface area contributed by atoms with Crippen LogP contribution in [0.2, 0.25) is 0 Å². The van der Waals surface area contributed by atoms with E-state index in [1.165, 1.54) is 11.6 Å². The SMILES string of the molecule is CC.CC(N)c1ccccc1.CC(N)c1ccccc1F. The van der Waals surface area contributed by atoms with E-state index < -0.39 is 0 Å². The summed E-state index contributed by atoms with van der Waals surface area (Å²) in [5, 5.41) is 0. The van der Waals surface area contributed by atoms with E-state index >= 15 is 0 Å². The zero-order chi connectivity index (χ0) is 16.3. The van der Waals surface area contributed by atoms with Crippen LogP contribution in [-0.4, -0.2) is 0 Å². The molecule has 2 aromatic rings. The van der Waals surface area contributed by atoms with Crippen molar-refractivity contribution >= 4 is 0 Å². The van der Waals surface area contributed by atoms with E-state index in [1.54, 1.807) is 25.1 Å². The molecule has 2 rings (SSSR count). The molecule has 2 unspecified atom stereocenters. The Bertz CT molecular complexity index is 482. The molecule has 0 saturated carbocycles. The predicted molar refractivity (Wildman–Crippen MR) is 89.4 cm³/mol. The first kappa shape index (κ1) is 19.3. The summed E-state index contributed by atoms with van der Waals surface area (Å²) in [5.41, 5.74) is 12.9. The van der Waals surface area contributed by atoms with Gasteiger partial charge in [0.25, 0.3) is 0 Å². The Morgan fingerprint density at radius 1 is 0.762 bits per heavy atom. The minimum atomic E-state index is -0.225. The molecule has 2 aromatic carbocycles. The normalized spacial score (nSPS) is 12.1. The zero-order valence-corrected chi connectivity index (χ0v) is 13.4. The molecule has 116 valence electrons. The monoisotopic (exact) mass is 290 g/mol. The van der Waals surface area contributed by atoms with Crippen LogP contribution in [0.1, 0.15) is 50.9 Å². The number of rotatable bonds is 2. The second-order valence-electron chi connectivity index (χ2n) is 4.51. The van der Waals surface area contributed by atoms with Gasteiger partial charge in [-0.25, -0.2) is 4.39 Å². The van der Waals surface area contributed by atoms with Crippen molar-refractivity contribution in [3.8, 4) is 0 Å². The molecule has 0 radical (unpaired) electrons. The molecule has 0 spiro atoms. The quantitative estimate of drug-likeness (QED) is 0.850. The lowest BCUT2D eigenvalue weighted by Gasteiger charge is -2.04. The van der Waals surface area contributed by atoms with Crippen molar-refractivity contribution < 1.29 is 4.39 Å². The third kappa shape index (κ3) is 7.59. The Morgan fingerprint density at radius 3 is 1.57 bits per heavy atom. The van der Waals surface area contributed by atoms with Crippen LogP contribution in [0, 0.1) is 5.82 Å². The summed E-state index contributed by atoms with van der Waals surface area (Å²) in [6.07, 6.45) is 0. The number of hydrogen-bond donors (Lipinski definition) is 2. The maximum Gasteiger partial charge on any atom is 0.127 e. The summed E-state index contributed by atoms with van der Waals surface area (Å²) in [4.78, 5) is 0. The molecular weight excluding hydrogens is 263 g/mol. The van der Waals surface area contributed by atoms with E-state index in [4.69, 9.17) is 11.5 Å². The number of hydrogen-bond acceptors (Lipinski definition) is 2. The van der Waals surface area contributed by atoms with E-state index in [2.05, 4.69) is 0 Å². The van der Waals surface area contributed by atoms with Crippen LogP contribution in [0.4, 0.5) is 4.39 Å². The summed E-state index contributed by atoms with van der Waals surface area (Å²) >= 11 is 0. The van der Waals surface area contributed by atoms with Crippen LogP contribution in [0.5, 0.6) is 0 Å². The molecule has 0 aliphatic heterocycles. The molecule has 21 heavy (non-hydrogen) atoms. The summed E-state index contributed by atoms with van der Waals surface area (Å²) in [6, 6.07) is 16.5. The van der Waals surface area contributed by atoms with E-state index in [0.717, 1.165) is 0 Å². The lowest BCUT2D eigenvalue weighted by Crippen LogP contribution is -2.06. The summed E-state index contributed by atoms with van der Waals surface area (Å²) < 4.78 is 12.8. The van der Waals surface area contributed by atoms with Gasteiger partial charge in [0, 0.05) is 17.6 Å². The van der Waals surface area contributed by atoms with Crippen LogP contribution in [0.15, 0.2) is 54.6 Å². The molecular formula is C18H27FN2. The molecule has 2 nitrogen and oxygen atoms in total. The summed E-state index contributed by atoms with van der Waals surface area (Å²) in [7, 11) is 0. The van der Waals surface area contributed by atoms with Gasteiger partial charge in [-0.1, -0.05) is 62.4 Å². The molecule has 4 N–H and O–H groups in total. The third-order valence-electron chi connectivity index (χ3n) is 2.72. The molecule has 0 fully saturated rings. The van der Waals surface area contributed by atoms with E-state index in [9.17, 15) is 4.39 Å². The lowest BCUT2D eigenvalue weighted by molar-refractivity contribution is 0.594. The van der Waals surface area contributed by atoms with Gasteiger partial charge in [0.2, 0.25) is 0 Å². The molecule has 0 saturated heterocycles. The van der Waals surface area contributed by atoms with Crippen molar-refractivity contribution in [2.45, 2.75) is 39.8 Å². The fourth-order valence-electron chi connectivity index (χ4n) is 1.60. The maximum absolute atomic E-state index is 12.8. The Balaban J connectivity index is 0.000000342. The van der Waals surface area contributed by atoms with Gasteiger partial charge in [0.15, 0.2) is 0 Å². The smallest absolute Gasteiger partial charge is 0.127 e. The van der Waals surface area contributed by atoms with Gasteiger partial charge < -0.3 is 11.5 Å². The van der Waals surface area contributed by atoms with Crippen LogP contribution in [0.25, 0.3) is 0 Å². The number of halogens is 1. The third-order valence-corrected chi connectivity index (χ3v) is 2.72. The Labute approximate surface area is 128 Å². The second kappa shape index (κ2) is 11.0. The highest BCUT2D eigenvalue weighted by atomic mass is 19.1. The number of nitrogens with two attached hydrogens (primary N) is 2. The zero-order valence-electron chi connectivity index (χ0n) is 13.4. The predicted octanol–water partition coefficient (Wildman–Crippen LogP) is 4.58. The van der Waals surface area contributed by atoms with E-state index in [1.807, 2.05) is 51.1 Å². The first-order valence-corrected chi connectivity index (χ1v) is 7.33. The van der Waals surface area contributed by atoms with E-state index in [-0.39, 0.29) is 17.9 Å². The Kier molecular flexibility index (Phi) is 10.1. The molecule has 2 atom stereocenters. The van der Waals surface area contributed by atoms with Crippen molar-refractivity contribution in [3.63, 3.8) is 0 Å². The van der Waals surface area contributed by atoms with Gasteiger partial charge in [0.05, 0.1) is 0 Å². The van der Waals surface area contributed by atoms with Gasteiger partial charge >= 0.3 is 0 Å². The van der Waals surface area contributed by atoms with Crippen molar-refractivity contribution in [1.82, 2.24) is 0 Å². The van der Waals surface area contributed by atoms with Crippen LogP contribution < -0.4 is 11.5 Å². The molecule has 0 heterocycles. The molecule has 0 amide bonds. The Morgan fingerprint density at radius 2 is 1.24 bits per heavy atom. The standard InChI is InChI=1S/C8H10FN.C8H11N.C2H6/c1-6(10)7-4-2-3-5-8(7)9;1-7(9)8-5-3-2-4-6-8;1-2/h2-6H,10H2,1H3;2-7H,9H2,1H3;1-2H3. The van der Waals surface area contributed by atoms with Gasteiger partial charge in [-0.05, 0) is 25.5 Å². The first-order chi connectivity index (χ1) is 10.0. The van der Waals surface area contributed by atoms with Crippen molar-refractivity contribution in [3.05, 3.63) is 71.5 Å². The first-order valence-electron chi connectivity index (χ1n) is 7.33. The average molecular weight is 290 g/mol. The Hall–Kier alpha value is -1.71. The van der Waals surface area contributed by atoms with Gasteiger partial charge in [-0.15, -0.1) is 0 Å². The van der Waals surface area contributed by atoms with E-state index in [0.29, 0.717) is 5.56 Å². The van der Waals surface area contributed by atoms with Crippen LogP contribution in [0.3, 0.4) is 0 Å². The summed E-state index contributed by atoms with van der Waals surface area (Å²) in [6.45, 7) is 7.74. The van der Waals surface area contributed by atoms with Crippen LogP contribution in [-0.2, 0) is 0 Å². The highest BCUT2D eigenvalue weighted by Gasteiger charge is 2.03. The molecule has 3 heteroatoms. The highest BCUT2D eigenvalue weighted by molar-refractivity contribution is 5.20. The highest BCUT2D eigenvalue weighted by Crippen LogP contribution is 2.12. The minimum absolute atomic E-state index is 0.159. The fourth-order valence-corrected chi connectivity index (χ4v) is 1.60. The van der Waals surface area contributed by atoms with Crippen molar-refractivity contribution in [2.24, 2.45) is 11.5 Å². The van der Waals surface area contributed by atoms with Crippen LogP contribution >= 0.6 is 0 Å². The van der Waals surface area contributed by atoms with Gasteiger partial charge in [-0.3, -0.25) is 0 Å². The van der Waals surface area contributed by atoms with Crippen molar-refractivity contribution in [1.29, 1.82) is 0 Å². The van der Waals surface area contributed by atoms with Crippen molar-refractivity contribution in [2.75, 3.05) is 0 Å². The van der Waals surface area contributed by atoms with Gasteiger partial charge in [0.1, 0.15) is 5.82 Å². The molecule has 0 aromatic heterocycles. The second-order valence-corrected chi connectivity index (χ2v) is 4.51.